The predicted octanol–water partition coefficient (Wildman–Crippen LogP) is 2.76. The third-order valence-electron chi connectivity index (χ3n) is 3.80. The van der Waals surface area contributed by atoms with Crippen molar-refractivity contribution in [3.8, 4) is 6.07 Å². The van der Waals surface area contributed by atoms with E-state index in [9.17, 15) is 9.59 Å². The Hall–Kier alpha value is -2.88. The molecule has 0 unspecified atom stereocenters. The van der Waals surface area contributed by atoms with Crippen LogP contribution in [0.15, 0.2) is 6.07 Å². The molecule has 0 aliphatic rings. The molecule has 2 N–H and O–H groups in total. The third kappa shape index (κ3) is 3.38. The number of anilines is 1. The zero-order valence-corrected chi connectivity index (χ0v) is 14.4. The minimum absolute atomic E-state index is 0.0606. The highest BCUT2D eigenvalue weighted by Crippen LogP contribution is 2.22. The van der Waals surface area contributed by atoms with Crippen LogP contribution >= 0.6 is 0 Å². The van der Waals surface area contributed by atoms with Gasteiger partial charge in [-0.2, -0.15) is 10.4 Å². The first-order chi connectivity index (χ1) is 11.4. The largest absolute Gasteiger partial charge is 0.354 e. The summed E-state index contributed by atoms with van der Waals surface area (Å²) in [5, 5.41) is 15.8. The third-order valence-corrected chi connectivity index (χ3v) is 3.80. The number of amides is 1. The first-order valence-electron chi connectivity index (χ1n) is 7.84. The SMILES string of the molecule is CCc1c(C(=O)Nc2cc(C)nn2CCC#N)[nH]c(C)c1C(C)=O. The van der Waals surface area contributed by atoms with Gasteiger partial charge in [0.1, 0.15) is 11.5 Å². The van der Waals surface area contributed by atoms with Gasteiger partial charge in [-0.05, 0) is 32.8 Å². The molecule has 0 aromatic carbocycles. The van der Waals surface area contributed by atoms with Crippen LogP contribution in [0, 0.1) is 25.2 Å². The molecule has 0 aliphatic heterocycles. The predicted molar refractivity (Wildman–Crippen MR) is 90.1 cm³/mol. The van der Waals surface area contributed by atoms with Gasteiger partial charge in [-0.3, -0.25) is 9.59 Å². The molecule has 7 nitrogen and oxygen atoms in total. The lowest BCUT2D eigenvalue weighted by Gasteiger charge is -2.08. The second-order valence-electron chi connectivity index (χ2n) is 5.64. The highest BCUT2D eigenvalue weighted by Gasteiger charge is 2.22. The normalized spacial score (nSPS) is 10.5. The van der Waals surface area contributed by atoms with Gasteiger partial charge in [0, 0.05) is 17.3 Å². The van der Waals surface area contributed by atoms with E-state index in [2.05, 4.69) is 21.5 Å². The van der Waals surface area contributed by atoms with Crippen molar-refractivity contribution in [3.63, 3.8) is 0 Å². The summed E-state index contributed by atoms with van der Waals surface area (Å²) >= 11 is 0. The smallest absolute Gasteiger partial charge is 0.273 e. The van der Waals surface area contributed by atoms with E-state index < -0.39 is 0 Å². The molecule has 0 aliphatic carbocycles. The summed E-state index contributed by atoms with van der Waals surface area (Å²) < 4.78 is 1.60. The number of ketones is 1. The van der Waals surface area contributed by atoms with Crippen molar-refractivity contribution in [1.29, 1.82) is 5.26 Å². The Kier molecular flexibility index (Phi) is 5.19. The highest BCUT2D eigenvalue weighted by atomic mass is 16.2. The molecular formula is C17H21N5O2. The van der Waals surface area contributed by atoms with Gasteiger partial charge in [0.25, 0.3) is 5.91 Å². The fraction of sp³-hybridized carbons (Fsp3) is 0.412. The van der Waals surface area contributed by atoms with Gasteiger partial charge < -0.3 is 10.3 Å². The molecule has 0 fully saturated rings. The first kappa shape index (κ1) is 17.5. The van der Waals surface area contributed by atoms with Crippen LogP contribution in [0.1, 0.15) is 58.1 Å². The molecule has 126 valence electrons. The minimum atomic E-state index is -0.319. The number of rotatable bonds is 6. The zero-order valence-electron chi connectivity index (χ0n) is 14.4. The minimum Gasteiger partial charge on any atom is -0.354 e. The lowest BCUT2D eigenvalue weighted by molar-refractivity contribution is 0.101. The van der Waals surface area contributed by atoms with Crippen LogP contribution in [-0.2, 0) is 13.0 Å². The summed E-state index contributed by atoms with van der Waals surface area (Å²) in [5.74, 6) is 0.154. The number of aryl methyl sites for hydroxylation is 3. The maximum atomic E-state index is 12.7. The summed E-state index contributed by atoms with van der Waals surface area (Å²) in [6.07, 6.45) is 0.884. The number of nitrogens with zero attached hydrogens (tertiary/aromatic N) is 3. The number of carbonyl (C=O) groups excluding carboxylic acids is 2. The average molecular weight is 327 g/mol. The molecule has 2 aromatic rings. The second-order valence-corrected chi connectivity index (χ2v) is 5.64. The highest BCUT2D eigenvalue weighted by molar-refractivity contribution is 6.07. The second kappa shape index (κ2) is 7.13. The van der Waals surface area contributed by atoms with Crippen LogP contribution in [0.4, 0.5) is 5.82 Å². The van der Waals surface area contributed by atoms with Crippen molar-refractivity contribution < 1.29 is 9.59 Å². The molecular weight excluding hydrogens is 306 g/mol. The Morgan fingerprint density at radius 1 is 1.42 bits per heavy atom. The van der Waals surface area contributed by atoms with E-state index in [-0.39, 0.29) is 11.7 Å². The first-order valence-corrected chi connectivity index (χ1v) is 7.84. The number of aromatic nitrogens is 3. The monoisotopic (exact) mass is 327 g/mol. The van der Waals surface area contributed by atoms with Gasteiger partial charge in [-0.1, -0.05) is 6.92 Å². The zero-order chi connectivity index (χ0) is 17.9. The lowest BCUT2D eigenvalue weighted by atomic mass is 10.0. The number of aromatic amines is 1. The van der Waals surface area contributed by atoms with E-state index >= 15 is 0 Å². The number of nitriles is 1. The standard InChI is InChI=1S/C17H21N5O2/c1-5-13-15(12(4)23)11(3)19-16(13)17(24)20-14-9-10(2)21-22(14)8-6-7-18/h9,19H,5-6,8H2,1-4H3,(H,20,24). The molecule has 0 bridgehead atoms. The van der Waals surface area contributed by atoms with Crippen molar-refractivity contribution >= 4 is 17.5 Å². The van der Waals surface area contributed by atoms with Crippen molar-refractivity contribution in [1.82, 2.24) is 14.8 Å². The van der Waals surface area contributed by atoms with Crippen molar-refractivity contribution in [3.05, 3.63) is 34.3 Å². The molecule has 2 heterocycles. The van der Waals surface area contributed by atoms with Crippen LogP contribution in [0.3, 0.4) is 0 Å². The molecule has 2 aromatic heterocycles. The number of nitrogens with one attached hydrogen (secondary N) is 2. The molecule has 0 saturated heterocycles. The topological polar surface area (TPSA) is 104 Å². The molecule has 24 heavy (non-hydrogen) atoms. The van der Waals surface area contributed by atoms with E-state index in [1.807, 2.05) is 13.8 Å². The summed E-state index contributed by atoms with van der Waals surface area (Å²) in [5.41, 5.74) is 3.14. The Labute approximate surface area is 140 Å². The van der Waals surface area contributed by atoms with Gasteiger partial charge in [0.15, 0.2) is 5.78 Å². The van der Waals surface area contributed by atoms with Gasteiger partial charge in [0.2, 0.25) is 0 Å². The van der Waals surface area contributed by atoms with Crippen LogP contribution in [-0.4, -0.2) is 26.5 Å². The van der Waals surface area contributed by atoms with Crippen molar-refractivity contribution in [2.75, 3.05) is 5.32 Å². The van der Waals surface area contributed by atoms with Crippen LogP contribution < -0.4 is 5.32 Å². The van der Waals surface area contributed by atoms with Gasteiger partial charge >= 0.3 is 0 Å². The summed E-state index contributed by atoms with van der Waals surface area (Å²) in [6.45, 7) is 7.42. The number of Topliss-reactive ketones (excluding diaryl/α,β-unsaturated/α-hetero) is 1. The van der Waals surface area contributed by atoms with E-state index in [4.69, 9.17) is 5.26 Å². The Balaban J connectivity index is 2.33. The average Bonchev–Trinajstić information content (AvgIpc) is 3.04. The Morgan fingerprint density at radius 3 is 2.71 bits per heavy atom. The fourth-order valence-electron chi connectivity index (χ4n) is 2.85. The van der Waals surface area contributed by atoms with E-state index in [1.54, 1.807) is 17.7 Å². The molecule has 7 heteroatoms. The molecule has 0 atom stereocenters. The Bertz CT molecular complexity index is 823. The van der Waals surface area contributed by atoms with E-state index in [1.165, 1.54) is 6.92 Å². The van der Waals surface area contributed by atoms with Crippen LogP contribution in [0.25, 0.3) is 0 Å². The summed E-state index contributed by atoms with van der Waals surface area (Å²) in [4.78, 5) is 27.5. The molecule has 0 saturated carbocycles. The number of H-pyrrole nitrogens is 1. The summed E-state index contributed by atoms with van der Waals surface area (Å²) in [6, 6.07) is 3.81. The molecule has 2 rings (SSSR count). The number of hydrogen-bond acceptors (Lipinski definition) is 4. The number of carbonyl (C=O) groups is 2. The van der Waals surface area contributed by atoms with Gasteiger partial charge in [-0.25, -0.2) is 4.68 Å². The van der Waals surface area contributed by atoms with Crippen LogP contribution in [0.5, 0.6) is 0 Å². The summed E-state index contributed by atoms with van der Waals surface area (Å²) in [7, 11) is 0. The van der Waals surface area contributed by atoms with Gasteiger partial charge in [0.05, 0.1) is 24.7 Å². The van der Waals surface area contributed by atoms with E-state index in [0.717, 1.165) is 11.3 Å². The fourth-order valence-corrected chi connectivity index (χ4v) is 2.85. The lowest BCUT2D eigenvalue weighted by Crippen LogP contribution is -2.18. The Morgan fingerprint density at radius 2 is 2.12 bits per heavy atom. The molecule has 0 radical (unpaired) electrons. The van der Waals surface area contributed by atoms with E-state index in [0.29, 0.717) is 42.2 Å². The van der Waals surface area contributed by atoms with Crippen molar-refractivity contribution in [2.24, 2.45) is 0 Å². The molecule has 0 spiro atoms. The van der Waals surface area contributed by atoms with Crippen LogP contribution in [0.2, 0.25) is 0 Å². The van der Waals surface area contributed by atoms with Crippen molar-refractivity contribution in [2.45, 2.75) is 47.1 Å². The quantitative estimate of drug-likeness (QED) is 0.796. The maximum Gasteiger partial charge on any atom is 0.273 e. The number of hydrogen-bond donors (Lipinski definition) is 2. The maximum absolute atomic E-state index is 12.7. The molecule has 1 amide bonds. The van der Waals surface area contributed by atoms with Gasteiger partial charge in [-0.15, -0.1) is 0 Å².